The first kappa shape index (κ1) is 14.4. The van der Waals surface area contributed by atoms with E-state index in [0.717, 1.165) is 0 Å². The van der Waals surface area contributed by atoms with E-state index in [1.54, 1.807) is 53.2 Å². The Kier molecular flexibility index (Phi) is 3.30. The third-order valence-corrected chi connectivity index (χ3v) is 4.18. The van der Waals surface area contributed by atoms with Crippen molar-refractivity contribution >= 4 is 17.3 Å². The molecule has 2 aromatic heterocycles. The lowest BCUT2D eigenvalue weighted by molar-refractivity contribution is 0.0652. The van der Waals surface area contributed by atoms with Crippen molar-refractivity contribution in [2.75, 3.05) is 6.54 Å². The second kappa shape index (κ2) is 5.49. The van der Waals surface area contributed by atoms with Crippen molar-refractivity contribution in [3.63, 3.8) is 0 Å². The van der Waals surface area contributed by atoms with Gasteiger partial charge in [0.1, 0.15) is 11.3 Å². The number of imide groups is 1. The van der Waals surface area contributed by atoms with Gasteiger partial charge in [0.25, 0.3) is 11.8 Å². The molecule has 1 aromatic carbocycles. The number of hydrogen-bond acceptors (Lipinski definition) is 4. The van der Waals surface area contributed by atoms with Crippen LogP contribution in [-0.4, -0.2) is 27.7 Å². The highest BCUT2D eigenvalue weighted by Crippen LogP contribution is 2.22. The van der Waals surface area contributed by atoms with Gasteiger partial charge in [-0.3, -0.25) is 14.5 Å². The number of aryl methyl sites for hydroxylation is 1. The lowest BCUT2D eigenvalue weighted by Crippen LogP contribution is -2.31. The van der Waals surface area contributed by atoms with Crippen LogP contribution in [0.2, 0.25) is 0 Å². The zero-order chi connectivity index (χ0) is 16.7. The third-order valence-electron chi connectivity index (χ3n) is 4.18. The van der Waals surface area contributed by atoms with Gasteiger partial charge in [-0.25, -0.2) is 4.79 Å². The Morgan fingerprint density at radius 2 is 1.62 bits per heavy atom. The number of nitrogens with zero attached hydrogens (tertiary/aromatic N) is 2. The summed E-state index contributed by atoms with van der Waals surface area (Å²) in [5.74, 6) is -0.00358. The average Bonchev–Trinajstić information content (AvgIpc) is 3.14. The maximum Gasteiger partial charge on any atom is 0.360 e. The molecule has 0 unspecified atom stereocenters. The van der Waals surface area contributed by atoms with E-state index in [1.807, 2.05) is 0 Å². The standard InChI is InChI=1S/C18H14N2O4/c21-16-13-6-1-2-7-14(13)17(22)20(16)10-3-5-12-11-19-9-4-8-15(19)18(23)24-12/h1-2,4,6-9,11H,3,5,10H2. The van der Waals surface area contributed by atoms with Gasteiger partial charge in [-0.15, -0.1) is 0 Å². The highest BCUT2D eigenvalue weighted by atomic mass is 16.4. The van der Waals surface area contributed by atoms with Crippen LogP contribution < -0.4 is 5.63 Å². The van der Waals surface area contributed by atoms with Crippen molar-refractivity contribution in [2.24, 2.45) is 0 Å². The van der Waals surface area contributed by atoms with Gasteiger partial charge >= 0.3 is 5.63 Å². The molecule has 0 saturated heterocycles. The summed E-state index contributed by atoms with van der Waals surface area (Å²) in [6.07, 6.45) is 4.52. The largest absolute Gasteiger partial charge is 0.425 e. The summed E-state index contributed by atoms with van der Waals surface area (Å²) in [5, 5.41) is 0. The molecule has 0 spiro atoms. The van der Waals surface area contributed by atoms with E-state index in [9.17, 15) is 14.4 Å². The van der Waals surface area contributed by atoms with E-state index >= 15 is 0 Å². The Morgan fingerprint density at radius 1 is 0.917 bits per heavy atom. The van der Waals surface area contributed by atoms with Crippen LogP contribution in [-0.2, 0) is 6.42 Å². The van der Waals surface area contributed by atoms with Crippen molar-refractivity contribution in [3.8, 4) is 0 Å². The number of hydrogen-bond donors (Lipinski definition) is 0. The number of rotatable bonds is 4. The monoisotopic (exact) mass is 322 g/mol. The molecule has 2 amide bonds. The quantitative estimate of drug-likeness (QED) is 0.690. The zero-order valence-electron chi connectivity index (χ0n) is 12.8. The van der Waals surface area contributed by atoms with Gasteiger partial charge in [0.2, 0.25) is 0 Å². The smallest absolute Gasteiger partial charge is 0.360 e. The van der Waals surface area contributed by atoms with E-state index in [0.29, 0.717) is 41.8 Å². The molecule has 0 atom stereocenters. The number of amides is 2. The third kappa shape index (κ3) is 2.23. The normalized spacial score (nSPS) is 13.8. The summed E-state index contributed by atoms with van der Waals surface area (Å²) in [7, 11) is 0. The van der Waals surface area contributed by atoms with Gasteiger partial charge in [0.05, 0.1) is 11.1 Å². The van der Waals surface area contributed by atoms with Gasteiger partial charge in [0.15, 0.2) is 0 Å². The first-order valence-electron chi connectivity index (χ1n) is 7.70. The predicted molar refractivity (Wildman–Crippen MR) is 86.1 cm³/mol. The van der Waals surface area contributed by atoms with E-state index in [1.165, 1.54) is 4.90 Å². The first-order chi connectivity index (χ1) is 11.6. The predicted octanol–water partition coefficient (Wildman–Crippen LogP) is 2.12. The molecule has 0 radical (unpaired) electrons. The molecule has 0 fully saturated rings. The minimum Gasteiger partial charge on any atom is -0.425 e. The summed E-state index contributed by atoms with van der Waals surface area (Å²) in [6, 6.07) is 10.3. The Bertz CT molecular complexity index is 980. The van der Waals surface area contributed by atoms with Crippen LogP contribution >= 0.6 is 0 Å². The SMILES string of the molecule is O=C1c2ccccc2C(=O)N1CCCc1cn2cccc2c(=O)o1. The van der Waals surface area contributed by atoms with Crippen LogP contribution in [0.1, 0.15) is 32.9 Å². The summed E-state index contributed by atoms with van der Waals surface area (Å²) in [4.78, 5) is 37.6. The number of benzene rings is 1. The Hall–Kier alpha value is -3.15. The molecule has 24 heavy (non-hydrogen) atoms. The maximum absolute atomic E-state index is 12.3. The van der Waals surface area contributed by atoms with Gasteiger partial charge in [0, 0.05) is 25.4 Å². The molecule has 0 N–H and O–H groups in total. The average molecular weight is 322 g/mol. The lowest BCUT2D eigenvalue weighted by atomic mass is 10.1. The molecule has 6 heteroatoms. The van der Waals surface area contributed by atoms with Crippen LogP contribution in [0.4, 0.5) is 0 Å². The molecule has 0 saturated carbocycles. The molecular weight excluding hydrogens is 308 g/mol. The summed E-state index contributed by atoms with van der Waals surface area (Å²) in [6.45, 7) is 0.291. The van der Waals surface area contributed by atoms with Crippen molar-refractivity contribution in [2.45, 2.75) is 12.8 Å². The van der Waals surface area contributed by atoms with E-state index < -0.39 is 5.63 Å². The second-order valence-electron chi connectivity index (χ2n) is 5.70. The molecule has 0 aliphatic carbocycles. The zero-order valence-corrected chi connectivity index (χ0v) is 12.8. The maximum atomic E-state index is 12.3. The van der Waals surface area contributed by atoms with Crippen molar-refractivity contribution < 1.29 is 14.0 Å². The van der Waals surface area contributed by atoms with Crippen molar-refractivity contribution in [3.05, 3.63) is 76.1 Å². The lowest BCUT2D eigenvalue weighted by Gasteiger charge is -2.13. The topological polar surface area (TPSA) is 72.0 Å². The van der Waals surface area contributed by atoms with Crippen LogP contribution in [0.3, 0.4) is 0 Å². The number of carbonyl (C=O) groups is 2. The van der Waals surface area contributed by atoms with Gasteiger partial charge in [-0.2, -0.15) is 0 Å². The Morgan fingerprint density at radius 3 is 2.33 bits per heavy atom. The molecule has 3 aromatic rings. The molecule has 0 bridgehead atoms. The number of fused-ring (bicyclic) bond motifs is 2. The molecular formula is C18H14N2O4. The molecule has 4 rings (SSSR count). The second-order valence-corrected chi connectivity index (χ2v) is 5.70. The fourth-order valence-electron chi connectivity index (χ4n) is 3.00. The van der Waals surface area contributed by atoms with Crippen molar-refractivity contribution in [1.82, 2.24) is 9.30 Å². The molecule has 6 nitrogen and oxygen atoms in total. The highest BCUT2D eigenvalue weighted by Gasteiger charge is 2.34. The van der Waals surface area contributed by atoms with Gasteiger partial charge in [-0.05, 0) is 30.7 Å². The summed E-state index contributed by atoms with van der Waals surface area (Å²) in [5.41, 5.74) is 0.989. The highest BCUT2D eigenvalue weighted by molar-refractivity contribution is 6.21. The summed E-state index contributed by atoms with van der Waals surface area (Å²) < 4.78 is 6.98. The molecule has 3 heterocycles. The fraction of sp³-hybridized carbons (Fsp3) is 0.167. The summed E-state index contributed by atoms with van der Waals surface area (Å²) >= 11 is 0. The number of carbonyl (C=O) groups excluding carboxylic acids is 2. The van der Waals surface area contributed by atoms with Crippen LogP contribution in [0.5, 0.6) is 0 Å². The molecule has 120 valence electrons. The fourth-order valence-corrected chi connectivity index (χ4v) is 3.00. The van der Waals surface area contributed by atoms with Gasteiger partial charge < -0.3 is 8.82 Å². The minimum atomic E-state index is -0.391. The minimum absolute atomic E-state index is 0.266. The van der Waals surface area contributed by atoms with Crippen LogP contribution in [0.25, 0.3) is 5.52 Å². The van der Waals surface area contributed by atoms with Crippen LogP contribution in [0.15, 0.2) is 58.0 Å². The Balaban J connectivity index is 1.47. The Labute approximate surface area is 136 Å². The van der Waals surface area contributed by atoms with Crippen LogP contribution in [0, 0.1) is 0 Å². The molecule has 1 aliphatic rings. The van der Waals surface area contributed by atoms with Crippen molar-refractivity contribution in [1.29, 1.82) is 0 Å². The first-order valence-corrected chi connectivity index (χ1v) is 7.70. The molecule has 1 aliphatic heterocycles. The number of aromatic nitrogens is 1. The van der Waals surface area contributed by atoms with E-state index in [-0.39, 0.29) is 11.8 Å². The van der Waals surface area contributed by atoms with E-state index in [2.05, 4.69) is 0 Å². The van der Waals surface area contributed by atoms with Gasteiger partial charge in [-0.1, -0.05) is 12.1 Å². The van der Waals surface area contributed by atoms with E-state index in [4.69, 9.17) is 4.42 Å².